The van der Waals surface area contributed by atoms with E-state index in [1.54, 1.807) is 6.92 Å². The molecule has 0 unspecified atom stereocenters. The van der Waals surface area contributed by atoms with Crippen molar-refractivity contribution in [2.75, 3.05) is 11.9 Å². The second kappa shape index (κ2) is 7.45. The summed E-state index contributed by atoms with van der Waals surface area (Å²) in [6, 6.07) is 3.48. The Labute approximate surface area is 130 Å². The summed E-state index contributed by atoms with van der Waals surface area (Å²) >= 11 is 11.4. The summed E-state index contributed by atoms with van der Waals surface area (Å²) in [5.41, 5.74) is 2.86. The van der Waals surface area contributed by atoms with E-state index in [4.69, 9.17) is 23.8 Å². The molecule has 0 aromatic heterocycles. The van der Waals surface area contributed by atoms with Crippen molar-refractivity contribution in [1.82, 2.24) is 10.6 Å². The Morgan fingerprint density at radius 3 is 2.60 bits per heavy atom. The first kappa shape index (κ1) is 16.7. The maximum absolute atomic E-state index is 11.6. The van der Waals surface area contributed by atoms with Crippen LogP contribution in [0.25, 0.3) is 0 Å². The number of rotatable bonds is 4. The average Bonchev–Trinajstić information content (AvgIpc) is 2.34. The Morgan fingerprint density at radius 2 is 2.05 bits per heavy atom. The number of amides is 1. The number of benzene rings is 1. The number of carbonyl (C=O) groups excluding carboxylic acids is 1. The van der Waals surface area contributed by atoms with Gasteiger partial charge in [-0.05, 0) is 57.1 Å². The van der Waals surface area contributed by atoms with Crippen LogP contribution >= 0.6 is 23.8 Å². The van der Waals surface area contributed by atoms with Crippen LogP contribution in [0.15, 0.2) is 12.1 Å². The highest BCUT2D eigenvalue weighted by Crippen LogP contribution is 2.27. The number of nitrogens with one attached hydrogen (secondary N) is 3. The summed E-state index contributed by atoms with van der Waals surface area (Å²) in [7, 11) is 0. The summed E-state index contributed by atoms with van der Waals surface area (Å²) in [5, 5.41) is 9.68. The number of carbonyl (C=O) groups is 1. The highest BCUT2D eigenvalue weighted by atomic mass is 35.5. The smallest absolute Gasteiger partial charge is 0.242 e. The van der Waals surface area contributed by atoms with Crippen molar-refractivity contribution in [3.63, 3.8) is 0 Å². The van der Waals surface area contributed by atoms with E-state index in [2.05, 4.69) is 16.0 Å². The lowest BCUT2D eigenvalue weighted by Gasteiger charge is -2.18. The van der Waals surface area contributed by atoms with E-state index in [-0.39, 0.29) is 5.91 Å². The van der Waals surface area contributed by atoms with E-state index in [0.717, 1.165) is 16.8 Å². The van der Waals surface area contributed by atoms with E-state index in [9.17, 15) is 4.79 Å². The molecule has 0 fully saturated rings. The fourth-order valence-electron chi connectivity index (χ4n) is 1.81. The van der Waals surface area contributed by atoms with Gasteiger partial charge in [-0.15, -0.1) is 0 Å². The van der Waals surface area contributed by atoms with Crippen LogP contribution in [0.1, 0.15) is 25.0 Å². The molecule has 4 nitrogen and oxygen atoms in total. The topological polar surface area (TPSA) is 53.2 Å². The molecule has 1 aromatic carbocycles. The molecule has 0 spiro atoms. The van der Waals surface area contributed by atoms with Crippen molar-refractivity contribution in [3.8, 4) is 0 Å². The molecule has 0 saturated carbocycles. The molecule has 1 amide bonds. The lowest BCUT2D eigenvalue weighted by molar-refractivity contribution is -0.122. The lowest BCUT2D eigenvalue weighted by atomic mass is 10.1. The fraction of sp³-hybridized carbons (Fsp3) is 0.429. The zero-order valence-corrected chi connectivity index (χ0v) is 13.7. The molecular formula is C14H20ClN3OS. The summed E-state index contributed by atoms with van der Waals surface area (Å²) in [6.07, 6.45) is 0. The Kier molecular flexibility index (Phi) is 6.23. The molecule has 0 aliphatic carbocycles. The van der Waals surface area contributed by atoms with Gasteiger partial charge in [-0.2, -0.15) is 0 Å². The highest BCUT2D eigenvalue weighted by Gasteiger charge is 2.14. The minimum Gasteiger partial charge on any atom is -0.355 e. The third-order valence-electron chi connectivity index (χ3n) is 2.76. The zero-order chi connectivity index (χ0) is 15.3. The van der Waals surface area contributed by atoms with Gasteiger partial charge in [0.05, 0.1) is 10.7 Å². The maximum Gasteiger partial charge on any atom is 0.242 e. The molecule has 6 heteroatoms. The summed E-state index contributed by atoms with van der Waals surface area (Å²) in [4.78, 5) is 11.6. The van der Waals surface area contributed by atoms with Crippen molar-refractivity contribution in [1.29, 1.82) is 0 Å². The average molecular weight is 314 g/mol. The highest BCUT2D eigenvalue weighted by molar-refractivity contribution is 7.80. The molecule has 3 N–H and O–H groups in total. The first-order valence-corrected chi connectivity index (χ1v) is 7.25. The van der Waals surface area contributed by atoms with Crippen LogP contribution in [-0.4, -0.2) is 23.6 Å². The van der Waals surface area contributed by atoms with Gasteiger partial charge >= 0.3 is 0 Å². The van der Waals surface area contributed by atoms with Crippen LogP contribution in [0.2, 0.25) is 5.02 Å². The molecule has 0 saturated heterocycles. The van der Waals surface area contributed by atoms with Gasteiger partial charge in [-0.1, -0.05) is 17.7 Å². The predicted molar refractivity (Wildman–Crippen MR) is 88.4 cm³/mol. The van der Waals surface area contributed by atoms with Crippen molar-refractivity contribution in [3.05, 3.63) is 28.3 Å². The Hall–Kier alpha value is -1.33. The van der Waals surface area contributed by atoms with Crippen LogP contribution in [0, 0.1) is 13.8 Å². The van der Waals surface area contributed by atoms with Gasteiger partial charge in [-0.3, -0.25) is 4.79 Å². The zero-order valence-electron chi connectivity index (χ0n) is 12.1. The Morgan fingerprint density at radius 1 is 1.40 bits per heavy atom. The quantitative estimate of drug-likeness (QED) is 0.748. The number of hydrogen-bond donors (Lipinski definition) is 3. The molecule has 1 rings (SSSR count). The van der Waals surface area contributed by atoms with E-state index < -0.39 is 6.04 Å². The van der Waals surface area contributed by atoms with Gasteiger partial charge in [-0.25, -0.2) is 0 Å². The van der Waals surface area contributed by atoms with Gasteiger partial charge in [0.2, 0.25) is 5.91 Å². The molecule has 0 heterocycles. The van der Waals surface area contributed by atoms with Crippen LogP contribution < -0.4 is 16.0 Å². The predicted octanol–water partition coefficient (Wildman–Crippen LogP) is 2.77. The summed E-state index contributed by atoms with van der Waals surface area (Å²) in [5.74, 6) is -0.0941. The first-order valence-electron chi connectivity index (χ1n) is 6.47. The van der Waals surface area contributed by atoms with Crippen molar-refractivity contribution < 1.29 is 4.79 Å². The van der Waals surface area contributed by atoms with E-state index in [1.165, 1.54) is 0 Å². The number of likely N-dealkylation sites (N-methyl/N-ethyl adjacent to an activating group) is 1. The number of thiocarbonyl (C=S) groups is 1. The van der Waals surface area contributed by atoms with Crippen LogP contribution in [-0.2, 0) is 4.79 Å². The molecule has 20 heavy (non-hydrogen) atoms. The van der Waals surface area contributed by atoms with Gasteiger partial charge < -0.3 is 16.0 Å². The van der Waals surface area contributed by atoms with E-state index >= 15 is 0 Å². The molecule has 110 valence electrons. The first-order chi connectivity index (χ1) is 9.35. The normalized spacial score (nSPS) is 11.7. The second-order valence-corrected chi connectivity index (χ2v) is 5.47. The van der Waals surface area contributed by atoms with Gasteiger partial charge in [0.25, 0.3) is 0 Å². The Bertz CT molecular complexity index is 496. The fourth-order valence-corrected chi connectivity index (χ4v) is 2.46. The molecule has 0 bridgehead atoms. The Balaban J connectivity index is 2.70. The number of halogens is 1. The van der Waals surface area contributed by atoms with Gasteiger partial charge in [0.1, 0.15) is 6.04 Å². The molecule has 1 aromatic rings. The lowest BCUT2D eigenvalue weighted by Crippen LogP contribution is -2.46. The number of aryl methyl sites for hydroxylation is 2. The van der Waals surface area contributed by atoms with Crippen molar-refractivity contribution >= 4 is 40.5 Å². The van der Waals surface area contributed by atoms with Gasteiger partial charge in [0.15, 0.2) is 5.11 Å². The minimum absolute atomic E-state index is 0.0941. The van der Waals surface area contributed by atoms with Crippen molar-refractivity contribution in [2.45, 2.75) is 33.7 Å². The summed E-state index contributed by atoms with van der Waals surface area (Å²) < 4.78 is 0. The molecule has 1 atom stereocenters. The SMILES string of the molecule is CCNC(=O)[C@@H](C)NC(=S)Nc1c(C)cc(C)cc1Cl. The van der Waals surface area contributed by atoms with Gasteiger partial charge in [0, 0.05) is 6.54 Å². The monoisotopic (exact) mass is 313 g/mol. The number of hydrogen-bond acceptors (Lipinski definition) is 2. The van der Waals surface area contributed by atoms with Crippen LogP contribution in [0.5, 0.6) is 0 Å². The molecule has 0 aliphatic rings. The third-order valence-corrected chi connectivity index (χ3v) is 3.28. The standard InChI is InChI=1S/C14H20ClN3OS/c1-5-16-13(19)10(4)17-14(20)18-12-9(3)6-8(2)7-11(12)15/h6-7,10H,5H2,1-4H3,(H,16,19)(H2,17,18,20)/t10-/m1/s1. The van der Waals surface area contributed by atoms with Crippen LogP contribution in [0.3, 0.4) is 0 Å². The third kappa shape index (κ3) is 4.65. The van der Waals surface area contributed by atoms with Crippen molar-refractivity contribution in [2.24, 2.45) is 0 Å². The number of anilines is 1. The maximum atomic E-state index is 11.6. The molecule has 0 radical (unpaired) electrons. The van der Waals surface area contributed by atoms with E-state index in [1.807, 2.05) is 32.9 Å². The summed E-state index contributed by atoms with van der Waals surface area (Å²) in [6.45, 7) is 8.15. The minimum atomic E-state index is -0.403. The second-order valence-electron chi connectivity index (χ2n) is 4.65. The van der Waals surface area contributed by atoms with E-state index in [0.29, 0.717) is 16.7 Å². The molecular weight excluding hydrogens is 294 g/mol. The van der Waals surface area contributed by atoms with Crippen LogP contribution in [0.4, 0.5) is 5.69 Å². The largest absolute Gasteiger partial charge is 0.355 e. The molecule has 0 aliphatic heterocycles.